The first kappa shape index (κ1) is 20.3. The van der Waals surface area contributed by atoms with Crippen LogP contribution in [0, 0.1) is 0 Å². The predicted molar refractivity (Wildman–Crippen MR) is 124 cm³/mol. The van der Waals surface area contributed by atoms with Crippen molar-refractivity contribution in [3.63, 3.8) is 0 Å². The number of aromatic amines is 1. The Bertz CT molecular complexity index is 1250. The number of amides is 2. The van der Waals surface area contributed by atoms with E-state index in [-0.39, 0.29) is 17.2 Å². The van der Waals surface area contributed by atoms with Gasteiger partial charge in [-0.25, -0.2) is 4.98 Å². The van der Waals surface area contributed by atoms with Crippen molar-refractivity contribution in [2.24, 2.45) is 0 Å². The molecule has 4 rings (SSSR count). The second-order valence-electron chi connectivity index (χ2n) is 8.42. The number of imidazole rings is 1. The molecule has 1 aromatic heterocycles. The Morgan fingerprint density at radius 3 is 2.00 bits per heavy atom. The first-order chi connectivity index (χ1) is 14.8. The third-order valence-corrected chi connectivity index (χ3v) is 5.12. The molecule has 0 unspecified atom stereocenters. The largest absolute Gasteiger partial charge is 0.345 e. The SMILES string of the molecule is CC(C)(C)c1ccc(C(=O)Nc2ccccc2NC(=O)c2ccc3nc[nH]c3c2)cc1. The number of carbonyl (C=O) groups is 2. The van der Waals surface area contributed by atoms with Gasteiger partial charge < -0.3 is 15.6 Å². The van der Waals surface area contributed by atoms with E-state index in [2.05, 4.69) is 41.4 Å². The van der Waals surface area contributed by atoms with Crippen molar-refractivity contribution in [2.75, 3.05) is 10.6 Å². The van der Waals surface area contributed by atoms with Gasteiger partial charge in [-0.05, 0) is 53.4 Å². The molecule has 0 radical (unpaired) electrons. The van der Waals surface area contributed by atoms with Gasteiger partial charge in [0, 0.05) is 11.1 Å². The number of rotatable bonds is 4. The van der Waals surface area contributed by atoms with Crippen molar-refractivity contribution in [2.45, 2.75) is 26.2 Å². The monoisotopic (exact) mass is 412 g/mol. The number of H-pyrrole nitrogens is 1. The summed E-state index contributed by atoms with van der Waals surface area (Å²) in [5, 5.41) is 5.78. The minimum absolute atomic E-state index is 0.0189. The summed E-state index contributed by atoms with van der Waals surface area (Å²) in [6, 6.07) is 19.9. The van der Waals surface area contributed by atoms with Gasteiger partial charge in [0.25, 0.3) is 11.8 Å². The average Bonchev–Trinajstić information content (AvgIpc) is 3.22. The molecule has 0 bridgehead atoms. The lowest BCUT2D eigenvalue weighted by Gasteiger charge is -2.19. The highest BCUT2D eigenvalue weighted by molar-refractivity contribution is 6.10. The van der Waals surface area contributed by atoms with Crippen LogP contribution < -0.4 is 10.6 Å². The Morgan fingerprint density at radius 1 is 0.806 bits per heavy atom. The number of aromatic nitrogens is 2. The summed E-state index contributed by atoms with van der Waals surface area (Å²) in [6.07, 6.45) is 1.59. The normalized spacial score (nSPS) is 11.3. The molecule has 0 saturated carbocycles. The van der Waals surface area contributed by atoms with Crippen LogP contribution in [0.4, 0.5) is 11.4 Å². The molecule has 0 saturated heterocycles. The number of anilines is 2. The molecular weight excluding hydrogens is 388 g/mol. The van der Waals surface area contributed by atoms with Crippen LogP contribution in [-0.2, 0) is 5.41 Å². The Labute approximate surface area is 180 Å². The zero-order valence-electron chi connectivity index (χ0n) is 17.7. The van der Waals surface area contributed by atoms with Crippen molar-refractivity contribution in [3.8, 4) is 0 Å². The van der Waals surface area contributed by atoms with Crippen LogP contribution in [0.3, 0.4) is 0 Å². The molecule has 6 nitrogen and oxygen atoms in total. The number of nitrogens with one attached hydrogen (secondary N) is 3. The number of fused-ring (bicyclic) bond motifs is 1. The number of benzene rings is 3. The lowest BCUT2D eigenvalue weighted by atomic mass is 9.87. The van der Waals surface area contributed by atoms with E-state index in [0.717, 1.165) is 16.6 Å². The standard InChI is InChI=1S/C25H24N4O2/c1-25(2,3)18-11-8-16(9-12-18)23(30)28-20-6-4-5-7-21(20)29-24(31)17-10-13-19-22(14-17)27-15-26-19/h4-15H,1-3H3,(H,26,27)(H,28,30)(H,29,31). The summed E-state index contributed by atoms with van der Waals surface area (Å²) in [5.74, 6) is -0.506. The van der Waals surface area contributed by atoms with E-state index in [1.54, 1.807) is 36.7 Å². The molecule has 2 amide bonds. The lowest BCUT2D eigenvalue weighted by Crippen LogP contribution is -2.17. The van der Waals surface area contributed by atoms with E-state index in [0.29, 0.717) is 22.5 Å². The summed E-state index contributed by atoms with van der Waals surface area (Å²) in [6.45, 7) is 6.39. The summed E-state index contributed by atoms with van der Waals surface area (Å²) in [7, 11) is 0. The van der Waals surface area contributed by atoms with Crippen molar-refractivity contribution in [1.29, 1.82) is 0 Å². The van der Waals surface area contributed by atoms with Gasteiger partial charge in [-0.3, -0.25) is 9.59 Å². The fraction of sp³-hybridized carbons (Fsp3) is 0.160. The van der Waals surface area contributed by atoms with Crippen molar-refractivity contribution < 1.29 is 9.59 Å². The molecule has 6 heteroatoms. The number of hydrogen-bond donors (Lipinski definition) is 3. The topological polar surface area (TPSA) is 86.9 Å². The maximum atomic E-state index is 12.8. The third kappa shape index (κ3) is 4.48. The van der Waals surface area contributed by atoms with Gasteiger partial charge in [0.2, 0.25) is 0 Å². The van der Waals surface area contributed by atoms with Gasteiger partial charge in [0.05, 0.1) is 28.7 Å². The summed E-state index contributed by atoms with van der Waals surface area (Å²) < 4.78 is 0. The number of carbonyl (C=O) groups excluding carboxylic acids is 2. The van der Waals surface area contributed by atoms with Gasteiger partial charge >= 0.3 is 0 Å². The van der Waals surface area contributed by atoms with Gasteiger partial charge in [-0.1, -0.05) is 45.0 Å². The maximum Gasteiger partial charge on any atom is 0.255 e. The molecule has 31 heavy (non-hydrogen) atoms. The molecule has 0 fully saturated rings. The van der Waals surface area contributed by atoms with E-state index < -0.39 is 0 Å². The summed E-state index contributed by atoms with van der Waals surface area (Å²) in [5.41, 5.74) is 4.86. The fourth-order valence-electron chi connectivity index (χ4n) is 3.29. The third-order valence-electron chi connectivity index (χ3n) is 5.12. The van der Waals surface area contributed by atoms with E-state index in [1.165, 1.54) is 0 Å². The quantitative estimate of drug-likeness (QED) is 0.421. The summed E-state index contributed by atoms with van der Waals surface area (Å²) >= 11 is 0. The molecule has 0 atom stereocenters. The highest BCUT2D eigenvalue weighted by Gasteiger charge is 2.16. The molecule has 4 aromatic rings. The zero-order valence-corrected chi connectivity index (χ0v) is 17.7. The van der Waals surface area contributed by atoms with Crippen molar-refractivity contribution in [1.82, 2.24) is 9.97 Å². The van der Waals surface area contributed by atoms with Crippen LogP contribution in [-0.4, -0.2) is 21.8 Å². The van der Waals surface area contributed by atoms with E-state index >= 15 is 0 Å². The fourth-order valence-corrected chi connectivity index (χ4v) is 3.29. The van der Waals surface area contributed by atoms with Crippen LogP contribution in [0.2, 0.25) is 0 Å². The van der Waals surface area contributed by atoms with E-state index in [1.807, 2.05) is 36.4 Å². The van der Waals surface area contributed by atoms with Crippen LogP contribution in [0.1, 0.15) is 47.1 Å². The Balaban J connectivity index is 1.51. The van der Waals surface area contributed by atoms with E-state index in [9.17, 15) is 9.59 Å². The molecule has 1 heterocycles. The summed E-state index contributed by atoms with van der Waals surface area (Å²) in [4.78, 5) is 32.7. The van der Waals surface area contributed by atoms with Crippen molar-refractivity contribution >= 4 is 34.2 Å². The van der Waals surface area contributed by atoms with Crippen LogP contribution in [0.15, 0.2) is 73.1 Å². The van der Waals surface area contributed by atoms with Crippen molar-refractivity contribution in [3.05, 3.63) is 89.7 Å². The first-order valence-electron chi connectivity index (χ1n) is 10.1. The molecule has 3 aromatic carbocycles. The number of para-hydroxylation sites is 2. The minimum Gasteiger partial charge on any atom is -0.345 e. The Morgan fingerprint density at radius 2 is 1.39 bits per heavy atom. The molecule has 0 spiro atoms. The molecule has 0 aliphatic heterocycles. The maximum absolute atomic E-state index is 12.8. The van der Waals surface area contributed by atoms with Gasteiger partial charge in [-0.15, -0.1) is 0 Å². The number of hydrogen-bond acceptors (Lipinski definition) is 3. The minimum atomic E-state index is -0.271. The Kier molecular flexibility index (Phi) is 5.29. The molecule has 0 aliphatic carbocycles. The van der Waals surface area contributed by atoms with Gasteiger partial charge in [0.1, 0.15) is 0 Å². The number of nitrogens with zero attached hydrogens (tertiary/aromatic N) is 1. The average molecular weight is 412 g/mol. The highest BCUT2D eigenvalue weighted by Crippen LogP contribution is 2.25. The lowest BCUT2D eigenvalue weighted by molar-refractivity contribution is 0.101. The predicted octanol–water partition coefficient (Wildman–Crippen LogP) is 5.37. The van der Waals surface area contributed by atoms with Crippen LogP contribution >= 0.6 is 0 Å². The second kappa shape index (κ2) is 8.07. The van der Waals surface area contributed by atoms with Gasteiger partial charge in [0.15, 0.2) is 0 Å². The molecule has 156 valence electrons. The molecule has 0 aliphatic rings. The highest BCUT2D eigenvalue weighted by atomic mass is 16.2. The van der Waals surface area contributed by atoms with Gasteiger partial charge in [-0.2, -0.15) is 0 Å². The van der Waals surface area contributed by atoms with Crippen LogP contribution in [0.25, 0.3) is 11.0 Å². The molecule has 3 N–H and O–H groups in total. The first-order valence-corrected chi connectivity index (χ1v) is 10.1. The van der Waals surface area contributed by atoms with E-state index in [4.69, 9.17) is 0 Å². The smallest absolute Gasteiger partial charge is 0.255 e. The second-order valence-corrected chi connectivity index (χ2v) is 8.42. The Hall–Kier alpha value is -3.93. The van der Waals surface area contributed by atoms with Crippen LogP contribution in [0.5, 0.6) is 0 Å². The molecular formula is C25H24N4O2. The zero-order chi connectivity index (χ0) is 22.0.